The molecule has 2 aromatic rings. The number of rotatable bonds is 1. The number of nitrogen functional groups attached to an aromatic ring is 1. The predicted molar refractivity (Wildman–Crippen MR) is 74.3 cm³/mol. The van der Waals surface area contributed by atoms with E-state index in [0.717, 1.165) is 30.8 Å². The molecule has 1 unspecified atom stereocenters. The van der Waals surface area contributed by atoms with Crippen LogP contribution in [0.5, 0.6) is 0 Å². The Bertz CT molecular complexity index is 631. The molecule has 19 heavy (non-hydrogen) atoms. The van der Waals surface area contributed by atoms with Gasteiger partial charge in [0, 0.05) is 18.5 Å². The van der Waals surface area contributed by atoms with Gasteiger partial charge in [-0.05, 0) is 31.4 Å². The van der Waals surface area contributed by atoms with Crippen LogP contribution in [-0.4, -0.2) is 9.55 Å². The molecule has 3 nitrogen and oxygen atoms in total. The van der Waals surface area contributed by atoms with E-state index in [1.165, 1.54) is 6.07 Å². The van der Waals surface area contributed by atoms with Crippen LogP contribution in [0.4, 0.5) is 10.2 Å². The van der Waals surface area contributed by atoms with Crippen molar-refractivity contribution in [3.8, 4) is 11.3 Å². The maximum absolute atomic E-state index is 14.0. The zero-order valence-corrected chi connectivity index (χ0v) is 11.3. The first-order valence-electron chi connectivity index (χ1n) is 6.67. The number of fused-ring (bicyclic) bond motifs is 1. The van der Waals surface area contributed by atoms with Crippen molar-refractivity contribution in [2.24, 2.45) is 5.92 Å². The van der Waals surface area contributed by atoms with E-state index in [1.807, 2.05) is 17.6 Å². The second-order valence-electron chi connectivity index (χ2n) is 5.49. The standard InChI is InChI=1S/C15H18FN3/c1-9-3-4-12(16)11(7-9)14-15(17)19-6-5-10(2)8-13(19)18-14/h3-4,7,10H,5-6,8,17H2,1-2H3. The van der Waals surface area contributed by atoms with Gasteiger partial charge in [-0.25, -0.2) is 9.37 Å². The molecule has 100 valence electrons. The van der Waals surface area contributed by atoms with Gasteiger partial charge in [-0.1, -0.05) is 18.6 Å². The van der Waals surface area contributed by atoms with Crippen LogP contribution in [0, 0.1) is 18.7 Å². The smallest absolute Gasteiger partial charge is 0.132 e. The van der Waals surface area contributed by atoms with E-state index >= 15 is 0 Å². The van der Waals surface area contributed by atoms with Crippen LogP contribution in [0.1, 0.15) is 24.7 Å². The van der Waals surface area contributed by atoms with Crippen molar-refractivity contribution >= 4 is 5.82 Å². The molecule has 0 saturated heterocycles. The van der Waals surface area contributed by atoms with E-state index in [4.69, 9.17) is 5.73 Å². The lowest BCUT2D eigenvalue weighted by atomic mass is 10.0. The van der Waals surface area contributed by atoms with Gasteiger partial charge in [0.25, 0.3) is 0 Å². The number of hydrogen-bond acceptors (Lipinski definition) is 2. The van der Waals surface area contributed by atoms with Crippen LogP contribution in [0.2, 0.25) is 0 Å². The fraction of sp³-hybridized carbons (Fsp3) is 0.400. The molecular weight excluding hydrogens is 241 g/mol. The number of nitrogens with zero attached hydrogens (tertiary/aromatic N) is 2. The number of aryl methyl sites for hydroxylation is 1. The van der Waals surface area contributed by atoms with Gasteiger partial charge in [0.15, 0.2) is 0 Å². The first-order valence-corrected chi connectivity index (χ1v) is 6.67. The Morgan fingerprint density at radius 2 is 2.21 bits per heavy atom. The Morgan fingerprint density at radius 3 is 3.00 bits per heavy atom. The molecule has 0 aliphatic carbocycles. The zero-order chi connectivity index (χ0) is 13.6. The average Bonchev–Trinajstić information content (AvgIpc) is 2.69. The third-order valence-electron chi connectivity index (χ3n) is 3.84. The lowest BCUT2D eigenvalue weighted by Gasteiger charge is -2.20. The first kappa shape index (κ1) is 12.2. The van der Waals surface area contributed by atoms with Gasteiger partial charge in [-0.15, -0.1) is 0 Å². The van der Waals surface area contributed by atoms with E-state index in [-0.39, 0.29) is 5.82 Å². The van der Waals surface area contributed by atoms with Gasteiger partial charge in [-0.2, -0.15) is 0 Å². The third kappa shape index (κ3) is 2.01. The number of imidazole rings is 1. The van der Waals surface area contributed by atoms with E-state index < -0.39 is 0 Å². The second kappa shape index (κ2) is 4.37. The SMILES string of the molecule is Cc1ccc(F)c(-c2nc3n(c2N)CCC(C)C3)c1. The Labute approximate surface area is 112 Å². The normalized spacial score (nSPS) is 18.4. The van der Waals surface area contributed by atoms with Crippen molar-refractivity contribution in [3.05, 3.63) is 35.4 Å². The molecule has 0 bridgehead atoms. The highest BCUT2D eigenvalue weighted by Gasteiger charge is 2.23. The van der Waals surface area contributed by atoms with Gasteiger partial charge in [0.2, 0.25) is 0 Å². The minimum Gasteiger partial charge on any atom is -0.383 e. The molecule has 2 N–H and O–H groups in total. The highest BCUT2D eigenvalue weighted by molar-refractivity contribution is 5.72. The summed E-state index contributed by atoms with van der Waals surface area (Å²) in [7, 11) is 0. The maximum atomic E-state index is 14.0. The summed E-state index contributed by atoms with van der Waals surface area (Å²) < 4.78 is 16.0. The summed E-state index contributed by atoms with van der Waals surface area (Å²) in [6.07, 6.45) is 2.01. The molecule has 1 aromatic carbocycles. The zero-order valence-electron chi connectivity index (χ0n) is 11.3. The predicted octanol–water partition coefficient (Wildman–Crippen LogP) is 3.16. The van der Waals surface area contributed by atoms with E-state index in [0.29, 0.717) is 23.0 Å². The summed E-state index contributed by atoms with van der Waals surface area (Å²) >= 11 is 0. The highest BCUT2D eigenvalue weighted by atomic mass is 19.1. The minimum absolute atomic E-state index is 0.263. The van der Waals surface area contributed by atoms with Gasteiger partial charge in [0.1, 0.15) is 23.2 Å². The number of hydrogen-bond donors (Lipinski definition) is 1. The van der Waals surface area contributed by atoms with Gasteiger partial charge >= 0.3 is 0 Å². The fourth-order valence-electron chi connectivity index (χ4n) is 2.70. The van der Waals surface area contributed by atoms with Crippen molar-refractivity contribution in [1.29, 1.82) is 0 Å². The summed E-state index contributed by atoms with van der Waals surface area (Å²) in [5, 5.41) is 0. The summed E-state index contributed by atoms with van der Waals surface area (Å²) in [5.74, 6) is 1.92. The van der Waals surface area contributed by atoms with Crippen LogP contribution < -0.4 is 5.73 Å². The van der Waals surface area contributed by atoms with Crippen LogP contribution in [0.25, 0.3) is 11.3 Å². The van der Waals surface area contributed by atoms with E-state index in [9.17, 15) is 4.39 Å². The highest BCUT2D eigenvalue weighted by Crippen LogP contribution is 2.32. The largest absolute Gasteiger partial charge is 0.383 e. The Morgan fingerprint density at radius 1 is 1.42 bits per heavy atom. The van der Waals surface area contributed by atoms with Crippen molar-refractivity contribution < 1.29 is 4.39 Å². The maximum Gasteiger partial charge on any atom is 0.132 e. The molecule has 3 rings (SSSR count). The third-order valence-corrected chi connectivity index (χ3v) is 3.84. The average molecular weight is 259 g/mol. The molecule has 0 amide bonds. The van der Waals surface area contributed by atoms with Crippen LogP contribution >= 0.6 is 0 Å². The van der Waals surface area contributed by atoms with Crippen LogP contribution in [-0.2, 0) is 13.0 Å². The Balaban J connectivity index is 2.14. The quantitative estimate of drug-likeness (QED) is 0.855. The molecule has 0 spiro atoms. The monoisotopic (exact) mass is 259 g/mol. The fourth-order valence-corrected chi connectivity index (χ4v) is 2.70. The van der Waals surface area contributed by atoms with Gasteiger partial charge < -0.3 is 10.3 Å². The molecule has 1 aliphatic rings. The van der Waals surface area contributed by atoms with Crippen LogP contribution in [0.15, 0.2) is 18.2 Å². The minimum atomic E-state index is -0.263. The Hall–Kier alpha value is -1.84. The summed E-state index contributed by atoms with van der Waals surface area (Å²) in [6, 6.07) is 5.04. The van der Waals surface area contributed by atoms with Crippen LogP contribution in [0.3, 0.4) is 0 Å². The molecule has 0 fully saturated rings. The van der Waals surface area contributed by atoms with Crippen molar-refractivity contribution in [2.45, 2.75) is 33.2 Å². The number of benzene rings is 1. The number of halogens is 1. The first-order chi connectivity index (χ1) is 9.06. The molecule has 4 heteroatoms. The van der Waals surface area contributed by atoms with Gasteiger partial charge in [-0.3, -0.25) is 0 Å². The topological polar surface area (TPSA) is 43.8 Å². The summed E-state index contributed by atoms with van der Waals surface area (Å²) in [4.78, 5) is 4.57. The molecular formula is C15H18FN3. The lowest BCUT2D eigenvalue weighted by molar-refractivity contribution is 0.412. The lowest BCUT2D eigenvalue weighted by Crippen LogP contribution is -2.18. The molecule has 2 heterocycles. The Kier molecular flexibility index (Phi) is 2.81. The number of nitrogens with two attached hydrogens (primary N) is 1. The van der Waals surface area contributed by atoms with Crippen molar-refractivity contribution in [1.82, 2.24) is 9.55 Å². The molecule has 1 atom stereocenters. The van der Waals surface area contributed by atoms with Crippen molar-refractivity contribution in [2.75, 3.05) is 5.73 Å². The summed E-state index contributed by atoms with van der Waals surface area (Å²) in [6.45, 7) is 5.03. The van der Waals surface area contributed by atoms with E-state index in [2.05, 4.69) is 11.9 Å². The molecule has 0 saturated carbocycles. The molecule has 1 aliphatic heterocycles. The molecule has 0 radical (unpaired) electrons. The summed E-state index contributed by atoms with van der Waals surface area (Å²) in [5.41, 5.74) is 8.26. The number of anilines is 1. The second-order valence-corrected chi connectivity index (χ2v) is 5.49. The molecule has 1 aromatic heterocycles. The number of aromatic nitrogens is 2. The van der Waals surface area contributed by atoms with Crippen molar-refractivity contribution in [3.63, 3.8) is 0 Å². The van der Waals surface area contributed by atoms with E-state index in [1.54, 1.807) is 6.07 Å². The van der Waals surface area contributed by atoms with Gasteiger partial charge in [0.05, 0.1) is 0 Å².